The maximum atomic E-state index is 12.8. The summed E-state index contributed by atoms with van der Waals surface area (Å²) in [4.78, 5) is 49.7. The number of aromatic nitrogens is 1. The van der Waals surface area contributed by atoms with E-state index in [-0.39, 0.29) is 37.4 Å². The molecule has 1 fully saturated rings. The van der Waals surface area contributed by atoms with Gasteiger partial charge < -0.3 is 24.7 Å². The molecule has 1 amide bonds. The number of nitrogens with two attached hydrogens (primary N) is 1. The van der Waals surface area contributed by atoms with E-state index in [1.165, 1.54) is 6.20 Å². The lowest BCUT2D eigenvalue weighted by Gasteiger charge is -2.23. The van der Waals surface area contributed by atoms with Crippen LogP contribution in [-0.2, 0) is 33.3 Å². The summed E-state index contributed by atoms with van der Waals surface area (Å²) >= 11 is 0. The standard InChI is InChI=1S/C29H44N2O8/c1-4-7-10-15-23(32)36-20-22-26(38-24(33)16-11-8-5-2)27(39-25(34)17-12-9-6-3)29(37-22)31-18-13-14-21(19-31)28(30)35/h13-14,18-19,22,26-27,29H,4-12,15-17,20H2,1-3H3,(H-,30,35)/p+1/t22?,26-,27-,29?/m1/s1. The summed E-state index contributed by atoms with van der Waals surface area (Å²) in [5.74, 6) is -1.90. The Labute approximate surface area is 231 Å². The maximum Gasteiger partial charge on any atom is 0.306 e. The third-order valence-electron chi connectivity index (χ3n) is 6.58. The summed E-state index contributed by atoms with van der Waals surface area (Å²) in [6.07, 6.45) is 7.57. The van der Waals surface area contributed by atoms with Crippen molar-refractivity contribution in [3.05, 3.63) is 30.1 Å². The Hall–Kier alpha value is -3.01. The molecule has 2 unspecified atom stereocenters. The molecule has 1 aromatic rings. The summed E-state index contributed by atoms with van der Waals surface area (Å²) in [6.45, 7) is 5.95. The molecule has 1 aromatic heterocycles. The Balaban J connectivity index is 2.32. The van der Waals surface area contributed by atoms with Crippen molar-refractivity contribution < 1.29 is 42.7 Å². The molecule has 10 nitrogen and oxygen atoms in total. The highest BCUT2D eigenvalue weighted by Gasteiger charge is 2.55. The van der Waals surface area contributed by atoms with Crippen molar-refractivity contribution >= 4 is 23.8 Å². The van der Waals surface area contributed by atoms with E-state index >= 15 is 0 Å². The zero-order valence-electron chi connectivity index (χ0n) is 23.6. The van der Waals surface area contributed by atoms with Crippen molar-refractivity contribution in [1.29, 1.82) is 0 Å². The van der Waals surface area contributed by atoms with Crippen molar-refractivity contribution in [3.8, 4) is 0 Å². The van der Waals surface area contributed by atoms with Crippen LogP contribution in [0.4, 0.5) is 0 Å². The second-order valence-corrected chi connectivity index (χ2v) is 9.93. The molecule has 0 radical (unpaired) electrons. The molecular weight excluding hydrogens is 504 g/mol. The van der Waals surface area contributed by atoms with Gasteiger partial charge in [-0.2, -0.15) is 4.57 Å². The van der Waals surface area contributed by atoms with Crippen LogP contribution >= 0.6 is 0 Å². The van der Waals surface area contributed by atoms with Crippen molar-refractivity contribution in [2.45, 2.75) is 122 Å². The third kappa shape index (κ3) is 10.9. The number of rotatable bonds is 18. The van der Waals surface area contributed by atoms with Crippen LogP contribution in [0.3, 0.4) is 0 Å². The fourth-order valence-corrected chi connectivity index (χ4v) is 4.37. The average molecular weight is 550 g/mol. The molecule has 4 atom stereocenters. The second kappa shape index (κ2) is 17.6. The molecule has 39 heavy (non-hydrogen) atoms. The molecule has 0 aliphatic carbocycles. The first kappa shape index (κ1) is 32.2. The van der Waals surface area contributed by atoms with Gasteiger partial charge in [0.05, 0.1) is 0 Å². The first-order valence-electron chi connectivity index (χ1n) is 14.3. The predicted molar refractivity (Wildman–Crippen MR) is 142 cm³/mol. The van der Waals surface area contributed by atoms with Crippen LogP contribution < -0.4 is 10.3 Å². The molecule has 2 heterocycles. The Bertz CT molecular complexity index is 938. The largest absolute Gasteiger partial charge is 0.463 e. The molecule has 1 saturated heterocycles. The van der Waals surface area contributed by atoms with Gasteiger partial charge in [0, 0.05) is 25.3 Å². The normalized spacial score (nSPS) is 20.4. The van der Waals surface area contributed by atoms with Gasteiger partial charge in [0.1, 0.15) is 18.3 Å². The van der Waals surface area contributed by atoms with Gasteiger partial charge in [-0.3, -0.25) is 19.2 Å². The average Bonchev–Trinajstić information content (AvgIpc) is 3.24. The molecule has 0 aromatic carbocycles. The first-order chi connectivity index (χ1) is 18.8. The summed E-state index contributed by atoms with van der Waals surface area (Å²) in [5, 5.41) is 0. The summed E-state index contributed by atoms with van der Waals surface area (Å²) in [5.41, 5.74) is 5.70. The number of unbranched alkanes of at least 4 members (excludes halogenated alkanes) is 6. The van der Waals surface area contributed by atoms with Crippen LogP contribution in [0.25, 0.3) is 0 Å². The monoisotopic (exact) mass is 549 g/mol. The highest BCUT2D eigenvalue weighted by atomic mass is 16.7. The van der Waals surface area contributed by atoms with Crippen molar-refractivity contribution in [2.24, 2.45) is 5.73 Å². The predicted octanol–water partition coefficient (Wildman–Crippen LogP) is 4.08. The highest BCUT2D eigenvalue weighted by Crippen LogP contribution is 2.32. The van der Waals surface area contributed by atoms with E-state index in [1.54, 1.807) is 22.9 Å². The van der Waals surface area contributed by atoms with Crippen molar-refractivity contribution in [2.75, 3.05) is 6.61 Å². The van der Waals surface area contributed by atoms with E-state index in [0.717, 1.165) is 38.5 Å². The van der Waals surface area contributed by atoms with Crippen LogP contribution in [-0.4, -0.2) is 48.7 Å². The number of hydrogen-bond donors (Lipinski definition) is 1. The van der Waals surface area contributed by atoms with Crippen LogP contribution in [0.15, 0.2) is 24.5 Å². The van der Waals surface area contributed by atoms with Crippen LogP contribution in [0, 0.1) is 0 Å². The number of carbonyl (C=O) groups excluding carboxylic acids is 4. The highest BCUT2D eigenvalue weighted by molar-refractivity contribution is 5.92. The molecule has 0 saturated carbocycles. The van der Waals surface area contributed by atoms with Gasteiger partial charge in [0.15, 0.2) is 18.5 Å². The van der Waals surface area contributed by atoms with Gasteiger partial charge in [-0.25, -0.2) is 0 Å². The lowest BCUT2D eigenvalue weighted by atomic mass is 10.1. The summed E-state index contributed by atoms with van der Waals surface area (Å²) in [6, 6.07) is 3.18. The second-order valence-electron chi connectivity index (χ2n) is 9.93. The van der Waals surface area contributed by atoms with Gasteiger partial charge in [-0.15, -0.1) is 0 Å². The molecule has 218 valence electrons. The van der Waals surface area contributed by atoms with Gasteiger partial charge in [-0.1, -0.05) is 59.3 Å². The number of esters is 3. The van der Waals surface area contributed by atoms with Crippen LogP contribution in [0.1, 0.15) is 114 Å². The van der Waals surface area contributed by atoms with Gasteiger partial charge in [-0.05, 0) is 25.3 Å². The Morgan fingerprint density at radius 3 is 1.90 bits per heavy atom. The topological polar surface area (TPSA) is 135 Å². The maximum absolute atomic E-state index is 12.8. The Kier molecular flexibility index (Phi) is 14.5. The number of hydrogen-bond acceptors (Lipinski definition) is 8. The molecule has 2 N–H and O–H groups in total. The zero-order chi connectivity index (χ0) is 28.6. The van der Waals surface area contributed by atoms with Crippen molar-refractivity contribution in [3.63, 3.8) is 0 Å². The van der Waals surface area contributed by atoms with Gasteiger partial charge >= 0.3 is 24.1 Å². The molecule has 0 bridgehead atoms. The molecule has 1 aliphatic rings. The van der Waals surface area contributed by atoms with Crippen LogP contribution in [0.5, 0.6) is 0 Å². The van der Waals surface area contributed by atoms with E-state index in [4.69, 9.17) is 24.7 Å². The molecule has 1 aliphatic heterocycles. The zero-order valence-corrected chi connectivity index (χ0v) is 23.6. The van der Waals surface area contributed by atoms with E-state index in [2.05, 4.69) is 0 Å². The number of nitrogens with zero attached hydrogens (tertiary/aromatic N) is 1. The van der Waals surface area contributed by atoms with Gasteiger partial charge in [0.2, 0.25) is 6.10 Å². The van der Waals surface area contributed by atoms with E-state index in [1.807, 2.05) is 20.8 Å². The lowest BCUT2D eigenvalue weighted by Crippen LogP contribution is -2.49. The number of primary amides is 1. The molecule has 10 heteroatoms. The molecule has 2 rings (SSSR count). The lowest BCUT2D eigenvalue weighted by molar-refractivity contribution is -0.765. The third-order valence-corrected chi connectivity index (χ3v) is 6.58. The van der Waals surface area contributed by atoms with E-state index in [0.29, 0.717) is 19.3 Å². The SMILES string of the molecule is CCCCCC(=O)OCC1OC([n+]2cccc(C(N)=O)c2)[C@H](OC(=O)CCCCC)[C@@H]1OC(=O)CCCCC. The van der Waals surface area contributed by atoms with Crippen molar-refractivity contribution in [1.82, 2.24) is 0 Å². The summed E-state index contributed by atoms with van der Waals surface area (Å²) in [7, 11) is 0. The quantitative estimate of drug-likeness (QED) is 0.125. The molecular formula is C29H45N2O8+. The van der Waals surface area contributed by atoms with E-state index < -0.39 is 42.4 Å². The Morgan fingerprint density at radius 1 is 0.821 bits per heavy atom. The minimum atomic E-state index is -1.02. The number of pyridine rings is 1. The molecule has 0 spiro atoms. The minimum Gasteiger partial charge on any atom is -0.463 e. The fourth-order valence-electron chi connectivity index (χ4n) is 4.37. The first-order valence-corrected chi connectivity index (χ1v) is 14.3. The van der Waals surface area contributed by atoms with Crippen LogP contribution in [0.2, 0.25) is 0 Å². The minimum absolute atomic E-state index is 0.172. The van der Waals surface area contributed by atoms with Gasteiger partial charge in [0.25, 0.3) is 5.91 Å². The fraction of sp³-hybridized carbons (Fsp3) is 0.690. The smallest absolute Gasteiger partial charge is 0.306 e. The van der Waals surface area contributed by atoms with E-state index in [9.17, 15) is 19.2 Å². The summed E-state index contributed by atoms with van der Waals surface area (Å²) < 4.78 is 25.0. The Morgan fingerprint density at radius 2 is 1.36 bits per heavy atom. The number of ether oxygens (including phenoxy) is 4. The number of amides is 1. The number of carbonyl (C=O) groups is 4.